The molecule has 1 amide bonds. The van der Waals surface area contributed by atoms with Crippen LogP contribution in [0.25, 0.3) is 0 Å². The van der Waals surface area contributed by atoms with Crippen LogP contribution >= 0.6 is 11.6 Å². The van der Waals surface area contributed by atoms with E-state index >= 15 is 0 Å². The number of carbonyl (C=O) groups excluding carboxylic acids is 1. The predicted octanol–water partition coefficient (Wildman–Crippen LogP) is 2.36. The van der Waals surface area contributed by atoms with Crippen molar-refractivity contribution < 1.29 is 14.3 Å². The second-order valence-corrected chi connectivity index (χ2v) is 6.13. The molecule has 2 aliphatic heterocycles. The molecule has 2 saturated heterocycles. The van der Waals surface area contributed by atoms with E-state index < -0.39 is 6.09 Å². The van der Waals surface area contributed by atoms with E-state index in [2.05, 4.69) is 9.97 Å². The number of halogens is 1. The third-order valence-corrected chi connectivity index (χ3v) is 4.47. The minimum atomic E-state index is -0.397. The fourth-order valence-corrected chi connectivity index (χ4v) is 3.33. The molecule has 1 aromatic heterocycles. The SMILES string of the molecule is O=C1OC2=CCCC[C@@H]2N1c1cc(Cl)nc(N2CCOCC2)n1. The maximum Gasteiger partial charge on any atom is 0.421 e. The van der Waals surface area contributed by atoms with Crippen molar-refractivity contribution in [2.75, 3.05) is 36.1 Å². The summed E-state index contributed by atoms with van der Waals surface area (Å²) in [4.78, 5) is 24.7. The van der Waals surface area contributed by atoms with Crippen LogP contribution in [0.5, 0.6) is 0 Å². The Hall–Kier alpha value is -1.86. The summed E-state index contributed by atoms with van der Waals surface area (Å²) in [6.45, 7) is 2.68. The van der Waals surface area contributed by atoms with Crippen molar-refractivity contribution in [1.29, 1.82) is 0 Å². The Labute approximate surface area is 138 Å². The molecule has 122 valence electrons. The molecule has 7 nitrogen and oxygen atoms in total. The third kappa shape index (κ3) is 2.74. The number of nitrogens with zero attached hydrogens (tertiary/aromatic N) is 4. The predicted molar refractivity (Wildman–Crippen MR) is 84.8 cm³/mol. The summed E-state index contributed by atoms with van der Waals surface area (Å²) in [6.07, 6.45) is 4.42. The van der Waals surface area contributed by atoms with Crippen LogP contribution in [0, 0.1) is 0 Å². The summed E-state index contributed by atoms with van der Waals surface area (Å²) >= 11 is 6.17. The van der Waals surface area contributed by atoms with Crippen LogP contribution in [0.2, 0.25) is 5.15 Å². The molecule has 2 fully saturated rings. The minimum absolute atomic E-state index is 0.0836. The molecular weight excluding hydrogens is 320 g/mol. The molecule has 8 heteroatoms. The molecule has 0 radical (unpaired) electrons. The van der Waals surface area contributed by atoms with Gasteiger partial charge < -0.3 is 14.4 Å². The van der Waals surface area contributed by atoms with Crippen molar-refractivity contribution in [3.8, 4) is 0 Å². The lowest BCUT2D eigenvalue weighted by Gasteiger charge is -2.28. The van der Waals surface area contributed by atoms with Gasteiger partial charge in [0.25, 0.3) is 0 Å². The Balaban J connectivity index is 1.68. The Bertz CT molecular complexity index is 660. The number of morpholine rings is 1. The van der Waals surface area contributed by atoms with Crippen molar-refractivity contribution in [3.63, 3.8) is 0 Å². The first-order valence-electron chi connectivity index (χ1n) is 7.81. The largest absolute Gasteiger partial charge is 0.421 e. The third-order valence-electron chi connectivity index (χ3n) is 4.28. The number of amides is 1. The van der Waals surface area contributed by atoms with Gasteiger partial charge in [-0.15, -0.1) is 0 Å². The molecule has 23 heavy (non-hydrogen) atoms. The second-order valence-electron chi connectivity index (χ2n) is 5.74. The highest BCUT2D eigenvalue weighted by Gasteiger charge is 2.40. The molecular formula is C15H17ClN4O3. The highest BCUT2D eigenvalue weighted by atomic mass is 35.5. The molecule has 0 aromatic carbocycles. The Morgan fingerprint density at radius 3 is 2.91 bits per heavy atom. The first-order chi connectivity index (χ1) is 11.2. The first-order valence-corrected chi connectivity index (χ1v) is 8.18. The maximum atomic E-state index is 12.3. The topological polar surface area (TPSA) is 67.8 Å². The summed E-state index contributed by atoms with van der Waals surface area (Å²) < 4.78 is 10.7. The number of rotatable bonds is 2. The van der Waals surface area contributed by atoms with Gasteiger partial charge in [-0.1, -0.05) is 11.6 Å². The number of ether oxygens (including phenoxy) is 2. The van der Waals surface area contributed by atoms with Gasteiger partial charge >= 0.3 is 6.09 Å². The van der Waals surface area contributed by atoms with E-state index in [4.69, 9.17) is 21.1 Å². The smallest absolute Gasteiger partial charge is 0.413 e. The normalized spacial score (nSPS) is 24.3. The number of hydrogen-bond acceptors (Lipinski definition) is 6. The van der Waals surface area contributed by atoms with E-state index in [0.29, 0.717) is 43.2 Å². The molecule has 3 aliphatic rings. The van der Waals surface area contributed by atoms with E-state index in [9.17, 15) is 4.79 Å². The van der Waals surface area contributed by atoms with Gasteiger partial charge in [0.05, 0.1) is 19.3 Å². The summed E-state index contributed by atoms with van der Waals surface area (Å²) in [6, 6.07) is 1.53. The van der Waals surface area contributed by atoms with E-state index in [1.807, 2.05) is 11.0 Å². The zero-order chi connectivity index (χ0) is 15.8. The highest BCUT2D eigenvalue weighted by Crippen LogP contribution is 2.35. The quantitative estimate of drug-likeness (QED) is 0.772. The van der Waals surface area contributed by atoms with Crippen molar-refractivity contribution in [2.24, 2.45) is 0 Å². The van der Waals surface area contributed by atoms with Gasteiger partial charge in [-0.05, 0) is 25.3 Å². The van der Waals surface area contributed by atoms with Gasteiger partial charge in [-0.25, -0.2) is 9.78 Å². The Morgan fingerprint density at radius 1 is 1.26 bits per heavy atom. The van der Waals surface area contributed by atoms with Crippen LogP contribution in [-0.4, -0.2) is 48.4 Å². The standard InChI is InChI=1S/C15H17ClN4O3/c16-12-9-13(18-14(17-12)19-5-7-22-8-6-19)20-10-3-1-2-4-11(10)23-15(20)21/h4,9-10H,1-3,5-8H2/t10-/m0/s1. The highest BCUT2D eigenvalue weighted by molar-refractivity contribution is 6.29. The van der Waals surface area contributed by atoms with E-state index in [0.717, 1.165) is 25.0 Å². The van der Waals surface area contributed by atoms with E-state index in [1.165, 1.54) is 0 Å². The molecule has 1 aromatic rings. The van der Waals surface area contributed by atoms with Gasteiger partial charge in [-0.2, -0.15) is 4.98 Å². The van der Waals surface area contributed by atoms with Crippen LogP contribution in [0.15, 0.2) is 17.9 Å². The zero-order valence-electron chi connectivity index (χ0n) is 12.6. The average molecular weight is 337 g/mol. The number of carbonyl (C=O) groups is 1. The molecule has 0 bridgehead atoms. The van der Waals surface area contributed by atoms with Gasteiger partial charge in [0.15, 0.2) is 0 Å². The lowest BCUT2D eigenvalue weighted by molar-refractivity contribution is 0.122. The average Bonchev–Trinajstić information content (AvgIpc) is 2.91. The molecule has 4 rings (SSSR count). The van der Waals surface area contributed by atoms with Gasteiger partial charge in [0.2, 0.25) is 5.95 Å². The van der Waals surface area contributed by atoms with Crippen molar-refractivity contribution in [2.45, 2.75) is 25.3 Å². The van der Waals surface area contributed by atoms with Crippen molar-refractivity contribution in [1.82, 2.24) is 9.97 Å². The second kappa shape index (κ2) is 5.98. The Morgan fingerprint density at radius 2 is 2.09 bits per heavy atom. The zero-order valence-corrected chi connectivity index (χ0v) is 13.3. The molecule has 0 saturated carbocycles. The van der Waals surface area contributed by atoms with E-state index in [-0.39, 0.29) is 6.04 Å². The van der Waals surface area contributed by atoms with Crippen molar-refractivity contribution in [3.05, 3.63) is 23.1 Å². The number of hydrogen-bond donors (Lipinski definition) is 0. The van der Waals surface area contributed by atoms with Gasteiger partial charge in [0.1, 0.15) is 16.7 Å². The number of allylic oxidation sites excluding steroid dienone is 1. The Kier molecular flexibility index (Phi) is 3.82. The van der Waals surface area contributed by atoms with Crippen LogP contribution < -0.4 is 9.80 Å². The lowest BCUT2D eigenvalue weighted by Crippen LogP contribution is -2.38. The molecule has 0 unspecified atom stereocenters. The van der Waals surface area contributed by atoms with Gasteiger partial charge in [0, 0.05) is 19.2 Å². The van der Waals surface area contributed by atoms with Crippen LogP contribution in [0.1, 0.15) is 19.3 Å². The number of anilines is 2. The number of aromatic nitrogens is 2. The molecule has 0 spiro atoms. The summed E-state index contributed by atoms with van der Waals surface area (Å²) in [5.74, 6) is 1.74. The summed E-state index contributed by atoms with van der Waals surface area (Å²) in [5, 5.41) is 0.317. The number of fused-ring (bicyclic) bond motifs is 1. The summed E-state index contributed by atoms with van der Waals surface area (Å²) in [7, 11) is 0. The van der Waals surface area contributed by atoms with Crippen LogP contribution in [-0.2, 0) is 9.47 Å². The molecule has 0 N–H and O–H groups in total. The monoisotopic (exact) mass is 336 g/mol. The fourth-order valence-electron chi connectivity index (χ4n) is 3.15. The van der Waals surface area contributed by atoms with Crippen LogP contribution in [0.4, 0.5) is 16.6 Å². The first kappa shape index (κ1) is 14.7. The molecule has 1 atom stereocenters. The van der Waals surface area contributed by atoms with Gasteiger partial charge in [-0.3, -0.25) is 4.90 Å². The van der Waals surface area contributed by atoms with Crippen LogP contribution in [0.3, 0.4) is 0 Å². The molecule has 3 heterocycles. The lowest BCUT2D eigenvalue weighted by atomic mass is 10.0. The van der Waals surface area contributed by atoms with E-state index in [1.54, 1.807) is 11.0 Å². The maximum absolute atomic E-state index is 12.3. The summed E-state index contributed by atoms with van der Waals surface area (Å²) in [5.41, 5.74) is 0. The fraction of sp³-hybridized carbons (Fsp3) is 0.533. The van der Waals surface area contributed by atoms with Crippen molar-refractivity contribution >= 4 is 29.5 Å². The minimum Gasteiger partial charge on any atom is -0.413 e. The molecule has 1 aliphatic carbocycles.